The highest BCUT2D eigenvalue weighted by atomic mass is 19.1. The van der Waals surface area contributed by atoms with Gasteiger partial charge in [0.15, 0.2) is 0 Å². The lowest BCUT2D eigenvalue weighted by atomic mass is 9.81. The summed E-state index contributed by atoms with van der Waals surface area (Å²) in [7, 11) is 0. The highest BCUT2D eigenvalue weighted by Crippen LogP contribution is 2.29. The van der Waals surface area contributed by atoms with Crippen LogP contribution in [0.4, 0.5) is 10.2 Å². The maximum Gasteiger partial charge on any atom is 0.217 e. The van der Waals surface area contributed by atoms with Crippen LogP contribution in [0.15, 0.2) is 12.4 Å². The molecule has 0 amide bonds. The van der Waals surface area contributed by atoms with Crippen molar-refractivity contribution in [1.29, 1.82) is 0 Å². The van der Waals surface area contributed by atoms with Crippen molar-refractivity contribution in [3.63, 3.8) is 0 Å². The predicted molar refractivity (Wildman–Crippen MR) is 53.8 cm³/mol. The van der Waals surface area contributed by atoms with E-state index in [0.717, 1.165) is 19.2 Å². The first-order chi connectivity index (χ1) is 7.25. The average Bonchev–Trinajstić information content (AvgIpc) is 2.12. The van der Waals surface area contributed by atoms with Crippen molar-refractivity contribution < 1.29 is 9.50 Å². The number of aliphatic hydroxyl groups is 1. The molecule has 5 heteroatoms. The van der Waals surface area contributed by atoms with Crippen LogP contribution in [-0.2, 0) is 0 Å². The van der Waals surface area contributed by atoms with Crippen LogP contribution in [0.25, 0.3) is 0 Å². The van der Waals surface area contributed by atoms with E-state index in [1.165, 1.54) is 12.5 Å². The highest BCUT2D eigenvalue weighted by Gasteiger charge is 2.25. The van der Waals surface area contributed by atoms with E-state index in [1.807, 2.05) is 0 Å². The number of hydrogen-bond acceptors (Lipinski definition) is 4. The first-order valence-electron chi connectivity index (χ1n) is 5.15. The summed E-state index contributed by atoms with van der Waals surface area (Å²) >= 11 is 0. The van der Waals surface area contributed by atoms with Crippen LogP contribution in [0.2, 0.25) is 0 Å². The Bertz CT molecular complexity index is 330. The predicted octanol–water partition coefficient (Wildman–Crippen LogP) is 1.19. The molecule has 0 aliphatic heterocycles. The largest absolute Gasteiger partial charge is 0.391 e. The number of aliphatic hydroxyl groups excluding tert-OH is 1. The molecule has 0 radical (unpaired) electrons. The molecular weight excluding hydrogens is 197 g/mol. The molecule has 1 saturated carbocycles. The molecule has 1 aliphatic rings. The molecule has 0 spiro atoms. The van der Waals surface area contributed by atoms with Crippen molar-refractivity contribution in [2.75, 3.05) is 11.9 Å². The Morgan fingerprint density at radius 1 is 1.53 bits per heavy atom. The van der Waals surface area contributed by atoms with Gasteiger partial charge in [-0.15, -0.1) is 0 Å². The number of rotatable bonds is 4. The fourth-order valence-electron chi connectivity index (χ4n) is 1.63. The van der Waals surface area contributed by atoms with Crippen LogP contribution in [0, 0.1) is 11.9 Å². The van der Waals surface area contributed by atoms with Crippen LogP contribution in [0.5, 0.6) is 0 Å². The van der Waals surface area contributed by atoms with Crippen LogP contribution in [0.3, 0.4) is 0 Å². The lowest BCUT2D eigenvalue weighted by molar-refractivity contribution is 0.0729. The molecule has 1 aliphatic carbocycles. The Balaban J connectivity index is 1.81. The molecule has 0 saturated heterocycles. The van der Waals surface area contributed by atoms with Gasteiger partial charge < -0.3 is 10.4 Å². The summed E-state index contributed by atoms with van der Waals surface area (Å²) in [6.07, 6.45) is 4.16. The molecule has 0 bridgehead atoms. The lowest BCUT2D eigenvalue weighted by Gasteiger charge is -2.30. The third-order valence-corrected chi connectivity index (χ3v) is 2.82. The van der Waals surface area contributed by atoms with Gasteiger partial charge in [0.25, 0.3) is 0 Å². The molecule has 1 atom stereocenters. The molecule has 1 heterocycles. The zero-order chi connectivity index (χ0) is 10.7. The third-order valence-electron chi connectivity index (χ3n) is 2.82. The van der Waals surface area contributed by atoms with E-state index in [0.29, 0.717) is 18.3 Å². The van der Waals surface area contributed by atoms with E-state index in [9.17, 15) is 9.50 Å². The van der Waals surface area contributed by atoms with Gasteiger partial charge in [-0.25, -0.2) is 9.97 Å². The van der Waals surface area contributed by atoms with Gasteiger partial charge in [0, 0.05) is 12.6 Å². The van der Waals surface area contributed by atoms with Gasteiger partial charge in [0.1, 0.15) is 12.1 Å². The van der Waals surface area contributed by atoms with Crippen molar-refractivity contribution in [2.24, 2.45) is 5.92 Å². The molecule has 1 aromatic heterocycles. The van der Waals surface area contributed by atoms with Crippen LogP contribution < -0.4 is 5.32 Å². The summed E-state index contributed by atoms with van der Waals surface area (Å²) in [6, 6.07) is 1.22. The molecular formula is C10H14FN3O. The Morgan fingerprint density at radius 3 is 2.93 bits per heavy atom. The van der Waals surface area contributed by atoms with Crippen LogP contribution >= 0.6 is 0 Å². The van der Waals surface area contributed by atoms with E-state index in [1.54, 1.807) is 0 Å². The molecule has 4 nitrogen and oxygen atoms in total. The smallest absolute Gasteiger partial charge is 0.217 e. The number of aromatic nitrogens is 2. The highest BCUT2D eigenvalue weighted by molar-refractivity contribution is 5.32. The molecule has 2 rings (SSSR count). The van der Waals surface area contributed by atoms with Crippen LogP contribution in [0.1, 0.15) is 19.3 Å². The van der Waals surface area contributed by atoms with Gasteiger partial charge in [-0.1, -0.05) is 6.42 Å². The summed E-state index contributed by atoms with van der Waals surface area (Å²) in [5.41, 5.74) is 0. The van der Waals surface area contributed by atoms with E-state index < -0.39 is 5.95 Å². The topological polar surface area (TPSA) is 58.0 Å². The summed E-state index contributed by atoms with van der Waals surface area (Å²) in [6.45, 7) is 0.418. The standard InChI is InChI=1S/C10H14FN3O/c11-9-4-10(14-6-13-9)12-5-8(15)7-2-1-3-7/h4,6-8,15H,1-3,5H2,(H,12,13,14). The van der Waals surface area contributed by atoms with Gasteiger partial charge >= 0.3 is 0 Å². The van der Waals surface area contributed by atoms with Crippen molar-refractivity contribution in [3.8, 4) is 0 Å². The molecule has 15 heavy (non-hydrogen) atoms. The van der Waals surface area contributed by atoms with Gasteiger partial charge in [0.2, 0.25) is 5.95 Å². The fourth-order valence-corrected chi connectivity index (χ4v) is 1.63. The molecule has 2 N–H and O–H groups in total. The van der Waals surface area contributed by atoms with E-state index in [4.69, 9.17) is 0 Å². The summed E-state index contributed by atoms with van der Waals surface area (Å²) in [5, 5.41) is 12.6. The normalized spacial score (nSPS) is 18.3. The second-order valence-electron chi connectivity index (χ2n) is 3.87. The van der Waals surface area contributed by atoms with Crippen LogP contribution in [-0.4, -0.2) is 27.7 Å². The lowest BCUT2D eigenvalue weighted by Crippen LogP contribution is -2.32. The van der Waals surface area contributed by atoms with E-state index >= 15 is 0 Å². The van der Waals surface area contributed by atoms with E-state index in [2.05, 4.69) is 15.3 Å². The Hall–Kier alpha value is -1.23. The van der Waals surface area contributed by atoms with Crippen molar-refractivity contribution in [1.82, 2.24) is 9.97 Å². The summed E-state index contributed by atoms with van der Waals surface area (Å²) in [5.74, 6) is 0.246. The number of halogens is 1. The fraction of sp³-hybridized carbons (Fsp3) is 0.600. The summed E-state index contributed by atoms with van der Waals surface area (Å²) < 4.78 is 12.7. The zero-order valence-electron chi connectivity index (χ0n) is 8.36. The molecule has 82 valence electrons. The van der Waals surface area contributed by atoms with Crippen molar-refractivity contribution >= 4 is 5.82 Å². The third kappa shape index (κ3) is 2.62. The van der Waals surface area contributed by atoms with Gasteiger partial charge in [-0.2, -0.15) is 4.39 Å². The number of anilines is 1. The van der Waals surface area contributed by atoms with E-state index in [-0.39, 0.29) is 6.10 Å². The summed E-state index contributed by atoms with van der Waals surface area (Å²) in [4.78, 5) is 7.19. The number of nitrogens with zero attached hydrogens (tertiary/aromatic N) is 2. The minimum absolute atomic E-state index is 0.364. The maximum atomic E-state index is 12.7. The van der Waals surface area contributed by atoms with Crippen molar-refractivity contribution in [2.45, 2.75) is 25.4 Å². The van der Waals surface area contributed by atoms with Gasteiger partial charge in [-0.3, -0.25) is 0 Å². The SMILES string of the molecule is OC(CNc1cc(F)ncn1)C1CCC1. The molecule has 1 fully saturated rings. The average molecular weight is 211 g/mol. The first-order valence-corrected chi connectivity index (χ1v) is 5.15. The Labute approximate surface area is 87.6 Å². The molecule has 0 aromatic carbocycles. The molecule has 1 unspecified atom stereocenters. The second-order valence-corrected chi connectivity index (χ2v) is 3.87. The second kappa shape index (κ2) is 4.53. The maximum absolute atomic E-state index is 12.7. The zero-order valence-corrected chi connectivity index (χ0v) is 8.36. The molecule has 1 aromatic rings. The Kier molecular flexibility index (Phi) is 3.11. The number of hydrogen-bond donors (Lipinski definition) is 2. The Morgan fingerprint density at radius 2 is 2.33 bits per heavy atom. The monoisotopic (exact) mass is 211 g/mol. The minimum Gasteiger partial charge on any atom is -0.391 e. The van der Waals surface area contributed by atoms with Gasteiger partial charge in [-0.05, 0) is 18.8 Å². The van der Waals surface area contributed by atoms with Gasteiger partial charge in [0.05, 0.1) is 6.10 Å². The first kappa shape index (κ1) is 10.3. The van der Waals surface area contributed by atoms with Crippen molar-refractivity contribution in [3.05, 3.63) is 18.3 Å². The quantitative estimate of drug-likeness (QED) is 0.734. The minimum atomic E-state index is -0.564. The number of nitrogens with one attached hydrogen (secondary N) is 1.